The Balaban J connectivity index is 1.42. The SMILES string of the molecule is Cc1cc2c(cc1NC(=O)C(C)n1cc(C)c3cc(S(=O)(=O)N4CCCCC4)ccc31)NCC2. The molecule has 0 spiro atoms. The molecule has 7 nitrogen and oxygen atoms in total. The van der Waals surface area contributed by atoms with Crippen LogP contribution < -0.4 is 10.6 Å². The van der Waals surface area contributed by atoms with Gasteiger partial charge in [-0.3, -0.25) is 4.79 Å². The second-order valence-corrected chi connectivity index (χ2v) is 11.5. The number of aromatic nitrogens is 1. The number of hydrogen-bond donors (Lipinski definition) is 2. The van der Waals surface area contributed by atoms with Crippen LogP contribution in [-0.2, 0) is 21.2 Å². The van der Waals surface area contributed by atoms with E-state index >= 15 is 0 Å². The van der Waals surface area contributed by atoms with Crippen LogP contribution in [0.1, 0.15) is 48.9 Å². The zero-order chi connectivity index (χ0) is 24.0. The van der Waals surface area contributed by atoms with Crippen molar-refractivity contribution in [3.05, 3.63) is 53.2 Å². The van der Waals surface area contributed by atoms with Gasteiger partial charge in [0.1, 0.15) is 6.04 Å². The zero-order valence-electron chi connectivity index (χ0n) is 20.0. The van der Waals surface area contributed by atoms with Gasteiger partial charge in [-0.1, -0.05) is 12.5 Å². The molecule has 1 unspecified atom stereocenters. The Morgan fingerprint density at radius 2 is 1.82 bits per heavy atom. The van der Waals surface area contributed by atoms with Crippen molar-refractivity contribution < 1.29 is 13.2 Å². The van der Waals surface area contributed by atoms with Crippen molar-refractivity contribution in [1.29, 1.82) is 0 Å². The molecule has 0 aliphatic carbocycles. The molecule has 2 aromatic carbocycles. The normalized spacial score (nSPS) is 17.4. The molecule has 5 rings (SSSR count). The third kappa shape index (κ3) is 3.99. The van der Waals surface area contributed by atoms with Crippen LogP contribution in [0.15, 0.2) is 41.4 Å². The Morgan fingerprint density at radius 1 is 1.06 bits per heavy atom. The molecule has 180 valence electrons. The highest BCUT2D eigenvalue weighted by Gasteiger charge is 2.27. The highest BCUT2D eigenvalue weighted by atomic mass is 32.2. The van der Waals surface area contributed by atoms with Gasteiger partial charge in [0.2, 0.25) is 15.9 Å². The van der Waals surface area contributed by atoms with E-state index in [1.807, 2.05) is 43.7 Å². The number of rotatable bonds is 5. The number of carbonyl (C=O) groups is 1. The summed E-state index contributed by atoms with van der Waals surface area (Å²) in [5.41, 5.74) is 6.02. The number of anilines is 2. The highest BCUT2D eigenvalue weighted by Crippen LogP contribution is 2.32. The first-order chi connectivity index (χ1) is 16.3. The second kappa shape index (κ2) is 8.74. The largest absolute Gasteiger partial charge is 0.384 e. The molecule has 2 N–H and O–H groups in total. The molecular weight excluding hydrogens is 448 g/mol. The highest BCUT2D eigenvalue weighted by molar-refractivity contribution is 7.89. The number of sulfonamides is 1. The fourth-order valence-corrected chi connectivity index (χ4v) is 6.65. The van der Waals surface area contributed by atoms with Gasteiger partial charge in [0.25, 0.3) is 0 Å². The zero-order valence-corrected chi connectivity index (χ0v) is 20.8. The second-order valence-electron chi connectivity index (χ2n) is 9.53. The lowest BCUT2D eigenvalue weighted by Crippen LogP contribution is -2.35. The lowest BCUT2D eigenvalue weighted by Gasteiger charge is -2.26. The van der Waals surface area contributed by atoms with Gasteiger partial charge in [-0.2, -0.15) is 4.31 Å². The Morgan fingerprint density at radius 3 is 2.59 bits per heavy atom. The Bertz CT molecular complexity index is 1370. The summed E-state index contributed by atoms with van der Waals surface area (Å²) < 4.78 is 29.8. The number of nitrogens with zero attached hydrogens (tertiary/aromatic N) is 2. The van der Waals surface area contributed by atoms with Gasteiger partial charge in [0.05, 0.1) is 4.90 Å². The van der Waals surface area contributed by atoms with Crippen molar-refractivity contribution in [2.75, 3.05) is 30.3 Å². The Kier molecular flexibility index (Phi) is 5.90. The maximum absolute atomic E-state index is 13.2. The summed E-state index contributed by atoms with van der Waals surface area (Å²) >= 11 is 0. The van der Waals surface area contributed by atoms with Gasteiger partial charge in [0, 0.05) is 48.1 Å². The van der Waals surface area contributed by atoms with Crippen molar-refractivity contribution in [1.82, 2.24) is 8.87 Å². The van der Waals surface area contributed by atoms with Crippen LogP contribution in [-0.4, -0.2) is 42.8 Å². The van der Waals surface area contributed by atoms with Crippen molar-refractivity contribution in [2.24, 2.45) is 0 Å². The van der Waals surface area contributed by atoms with E-state index < -0.39 is 16.1 Å². The third-order valence-electron chi connectivity index (χ3n) is 7.17. The summed E-state index contributed by atoms with van der Waals surface area (Å²) in [6, 6.07) is 8.94. The number of amides is 1. The first-order valence-corrected chi connectivity index (χ1v) is 13.5. The average Bonchev–Trinajstić information content (AvgIpc) is 3.42. The summed E-state index contributed by atoms with van der Waals surface area (Å²) in [6.45, 7) is 7.92. The summed E-state index contributed by atoms with van der Waals surface area (Å²) in [5.74, 6) is -0.108. The first kappa shape index (κ1) is 22.9. The molecule has 2 aliphatic heterocycles. The van der Waals surface area contributed by atoms with Gasteiger partial charge < -0.3 is 15.2 Å². The van der Waals surface area contributed by atoms with Crippen LogP contribution in [0.2, 0.25) is 0 Å². The van der Waals surface area contributed by atoms with Crippen molar-refractivity contribution in [3.63, 3.8) is 0 Å². The minimum absolute atomic E-state index is 0.108. The Labute approximate surface area is 201 Å². The molecule has 3 heterocycles. The average molecular weight is 481 g/mol. The quantitative estimate of drug-likeness (QED) is 0.559. The summed E-state index contributed by atoms with van der Waals surface area (Å²) in [5, 5.41) is 7.31. The summed E-state index contributed by atoms with van der Waals surface area (Å²) in [6.07, 6.45) is 5.83. The molecule has 1 fully saturated rings. The van der Waals surface area contributed by atoms with Crippen LogP contribution in [0.3, 0.4) is 0 Å². The number of piperidine rings is 1. The topological polar surface area (TPSA) is 83.4 Å². The molecule has 8 heteroatoms. The number of hydrogen-bond acceptors (Lipinski definition) is 4. The smallest absolute Gasteiger partial charge is 0.247 e. The van der Waals surface area contributed by atoms with E-state index in [9.17, 15) is 13.2 Å². The van der Waals surface area contributed by atoms with Crippen LogP contribution in [0.5, 0.6) is 0 Å². The predicted octanol–water partition coefficient (Wildman–Crippen LogP) is 4.60. The maximum atomic E-state index is 13.2. The molecule has 1 atom stereocenters. The predicted molar refractivity (Wildman–Crippen MR) is 136 cm³/mol. The van der Waals surface area contributed by atoms with Gasteiger partial charge >= 0.3 is 0 Å². The molecule has 0 bridgehead atoms. The van der Waals surface area contributed by atoms with Crippen molar-refractivity contribution in [3.8, 4) is 0 Å². The van der Waals surface area contributed by atoms with E-state index in [4.69, 9.17) is 0 Å². The van der Waals surface area contributed by atoms with E-state index in [2.05, 4.69) is 16.7 Å². The number of nitrogens with one attached hydrogen (secondary N) is 2. The molecule has 2 aliphatic rings. The molecule has 0 radical (unpaired) electrons. The molecule has 1 aromatic heterocycles. The molecular formula is C26H32N4O3S. The standard InChI is InChI=1S/C26H32N4O3S/c1-17-13-20-9-10-27-24(20)15-23(17)28-26(31)19(3)30-16-18(2)22-14-21(7-8-25(22)30)34(32,33)29-11-5-4-6-12-29/h7-8,13-16,19,27H,4-6,9-12H2,1-3H3,(H,28,31). The van der Waals surface area contributed by atoms with Crippen LogP contribution in [0.25, 0.3) is 10.9 Å². The van der Waals surface area contributed by atoms with Crippen LogP contribution in [0.4, 0.5) is 11.4 Å². The number of fused-ring (bicyclic) bond motifs is 2. The van der Waals surface area contributed by atoms with Gasteiger partial charge in [-0.15, -0.1) is 0 Å². The van der Waals surface area contributed by atoms with E-state index in [1.165, 1.54) is 5.56 Å². The molecule has 0 saturated carbocycles. The summed E-state index contributed by atoms with van der Waals surface area (Å²) in [7, 11) is -3.51. The minimum Gasteiger partial charge on any atom is -0.384 e. The summed E-state index contributed by atoms with van der Waals surface area (Å²) in [4.78, 5) is 13.5. The van der Waals surface area contributed by atoms with Gasteiger partial charge in [-0.25, -0.2) is 8.42 Å². The first-order valence-electron chi connectivity index (χ1n) is 12.1. The lowest BCUT2D eigenvalue weighted by molar-refractivity contribution is -0.118. The van der Waals surface area contributed by atoms with Gasteiger partial charge in [0.15, 0.2) is 0 Å². The fourth-order valence-electron chi connectivity index (χ4n) is 5.11. The fraction of sp³-hybridized carbons (Fsp3) is 0.423. The van der Waals surface area contributed by atoms with E-state index in [0.29, 0.717) is 18.0 Å². The Hall–Kier alpha value is -2.84. The molecule has 34 heavy (non-hydrogen) atoms. The van der Waals surface area contributed by atoms with Crippen LogP contribution >= 0.6 is 0 Å². The number of benzene rings is 2. The molecule has 3 aromatic rings. The molecule has 1 amide bonds. The number of aryl methyl sites for hydroxylation is 2. The van der Waals surface area contributed by atoms with Crippen molar-refractivity contribution >= 4 is 38.2 Å². The monoisotopic (exact) mass is 480 g/mol. The van der Waals surface area contributed by atoms with E-state index in [-0.39, 0.29) is 5.91 Å². The van der Waals surface area contributed by atoms with Crippen LogP contribution in [0, 0.1) is 13.8 Å². The maximum Gasteiger partial charge on any atom is 0.247 e. The molecule has 1 saturated heterocycles. The minimum atomic E-state index is -3.51. The van der Waals surface area contributed by atoms with Crippen molar-refractivity contribution in [2.45, 2.75) is 57.4 Å². The number of carbonyl (C=O) groups excluding carboxylic acids is 1. The van der Waals surface area contributed by atoms with Gasteiger partial charge in [-0.05, 0) is 81.0 Å². The third-order valence-corrected chi connectivity index (χ3v) is 9.07. The van der Waals surface area contributed by atoms with E-state index in [1.54, 1.807) is 16.4 Å². The lowest BCUT2D eigenvalue weighted by atomic mass is 10.1. The van der Waals surface area contributed by atoms with E-state index in [0.717, 1.165) is 65.6 Å².